The maximum absolute atomic E-state index is 13.6. The molecule has 1 N–H and O–H groups in total. The molecule has 0 spiro atoms. The van der Waals surface area contributed by atoms with Gasteiger partial charge in [-0.25, -0.2) is 9.48 Å². The van der Waals surface area contributed by atoms with E-state index in [0.717, 1.165) is 18.2 Å². The Morgan fingerprint density at radius 1 is 1.06 bits per heavy atom. The van der Waals surface area contributed by atoms with Gasteiger partial charge in [0.2, 0.25) is 0 Å². The van der Waals surface area contributed by atoms with Crippen LogP contribution >= 0.6 is 0 Å². The van der Waals surface area contributed by atoms with E-state index in [0.29, 0.717) is 10.4 Å². The number of para-hydroxylation sites is 1. The van der Waals surface area contributed by atoms with Gasteiger partial charge >= 0.3 is 12.1 Å². The highest BCUT2D eigenvalue weighted by Gasteiger charge is 2.41. The molecule has 0 radical (unpaired) electrons. The first kappa shape index (κ1) is 22.1. The van der Waals surface area contributed by atoms with Crippen LogP contribution in [0.3, 0.4) is 0 Å². The first-order valence-corrected chi connectivity index (χ1v) is 9.58. The summed E-state index contributed by atoms with van der Waals surface area (Å²) in [6.45, 7) is 3.40. The van der Waals surface area contributed by atoms with Gasteiger partial charge < -0.3 is 10.1 Å². The number of amides is 1. The van der Waals surface area contributed by atoms with Gasteiger partial charge in [-0.3, -0.25) is 4.79 Å². The van der Waals surface area contributed by atoms with Crippen molar-refractivity contribution in [3.05, 3.63) is 77.1 Å². The molecule has 0 aliphatic heterocycles. The zero-order chi connectivity index (χ0) is 22.6. The van der Waals surface area contributed by atoms with Gasteiger partial charge in [-0.15, -0.1) is 0 Å². The SMILES string of the molecule is CCOC(=O)c1cnn(-c2ccc(C(=O)Nc3ccccc3CC)cc2)c1C(F)(F)F. The fourth-order valence-electron chi connectivity index (χ4n) is 3.07. The zero-order valence-corrected chi connectivity index (χ0v) is 16.9. The van der Waals surface area contributed by atoms with Crippen molar-refractivity contribution < 1.29 is 27.5 Å². The average molecular weight is 431 g/mol. The molecule has 0 aliphatic carbocycles. The summed E-state index contributed by atoms with van der Waals surface area (Å²) in [7, 11) is 0. The average Bonchev–Trinajstić information content (AvgIpc) is 3.20. The van der Waals surface area contributed by atoms with Crippen LogP contribution in [0.4, 0.5) is 18.9 Å². The Bertz CT molecular complexity index is 1090. The number of aromatic nitrogens is 2. The second-order valence-electron chi connectivity index (χ2n) is 6.55. The number of hydrogen-bond donors (Lipinski definition) is 1. The van der Waals surface area contributed by atoms with Crippen molar-refractivity contribution >= 4 is 17.6 Å². The van der Waals surface area contributed by atoms with Crippen LogP contribution in [0.2, 0.25) is 0 Å². The molecule has 0 atom stereocenters. The highest BCUT2D eigenvalue weighted by molar-refractivity contribution is 6.04. The molecule has 1 heterocycles. The molecule has 0 saturated heterocycles. The smallest absolute Gasteiger partial charge is 0.434 e. The summed E-state index contributed by atoms with van der Waals surface area (Å²) in [5.74, 6) is -1.50. The normalized spacial score (nSPS) is 11.3. The van der Waals surface area contributed by atoms with E-state index in [1.807, 2.05) is 19.1 Å². The lowest BCUT2D eigenvalue weighted by atomic mass is 10.1. The van der Waals surface area contributed by atoms with Crippen molar-refractivity contribution in [3.63, 3.8) is 0 Å². The molecule has 0 saturated carbocycles. The highest BCUT2D eigenvalue weighted by atomic mass is 19.4. The number of anilines is 1. The molecule has 6 nitrogen and oxygen atoms in total. The topological polar surface area (TPSA) is 73.2 Å². The predicted octanol–water partition coefficient (Wildman–Crippen LogP) is 4.88. The van der Waals surface area contributed by atoms with Crippen LogP contribution in [0.5, 0.6) is 0 Å². The lowest BCUT2D eigenvalue weighted by Gasteiger charge is -2.13. The number of ether oxygens (including phenoxy) is 1. The molecule has 1 amide bonds. The van der Waals surface area contributed by atoms with Crippen LogP contribution < -0.4 is 5.32 Å². The molecular formula is C22H20F3N3O3. The van der Waals surface area contributed by atoms with Crippen molar-refractivity contribution in [1.29, 1.82) is 0 Å². The highest BCUT2D eigenvalue weighted by Crippen LogP contribution is 2.34. The standard InChI is InChI=1S/C22H20F3N3O3/c1-3-14-7-5-6-8-18(14)27-20(29)15-9-11-16(12-10-15)28-19(22(23,24)25)17(13-26-28)21(30)31-4-2/h5-13H,3-4H2,1-2H3,(H,27,29). The maximum Gasteiger partial charge on any atom is 0.434 e. The summed E-state index contributed by atoms with van der Waals surface area (Å²) in [4.78, 5) is 24.4. The minimum Gasteiger partial charge on any atom is -0.462 e. The number of rotatable bonds is 6. The van der Waals surface area contributed by atoms with E-state index in [1.165, 1.54) is 31.2 Å². The third kappa shape index (κ3) is 4.76. The third-order valence-electron chi connectivity index (χ3n) is 4.55. The second kappa shape index (κ2) is 9.03. The number of nitrogens with zero attached hydrogens (tertiary/aromatic N) is 2. The Morgan fingerprint density at radius 3 is 2.35 bits per heavy atom. The lowest BCUT2D eigenvalue weighted by molar-refractivity contribution is -0.143. The molecule has 0 fully saturated rings. The Hall–Kier alpha value is -3.62. The molecule has 3 aromatic rings. The number of halogens is 3. The molecule has 3 rings (SSSR count). The number of carbonyl (C=O) groups excluding carboxylic acids is 2. The monoisotopic (exact) mass is 431 g/mol. The van der Waals surface area contributed by atoms with E-state index in [9.17, 15) is 22.8 Å². The Kier molecular flexibility index (Phi) is 6.43. The summed E-state index contributed by atoms with van der Waals surface area (Å²) in [5, 5.41) is 6.52. The van der Waals surface area contributed by atoms with Crippen LogP contribution in [0, 0.1) is 0 Å². The van der Waals surface area contributed by atoms with Gasteiger partial charge in [-0.1, -0.05) is 25.1 Å². The molecule has 0 aliphatic rings. The van der Waals surface area contributed by atoms with Gasteiger partial charge in [-0.2, -0.15) is 18.3 Å². The number of benzene rings is 2. The molecule has 31 heavy (non-hydrogen) atoms. The van der Waals surface area contributed by atoms with Crippen molar-refractivity contribution in [1.82, 2.24) is 9.78 Å². The number of esters is 1. The molecule has 9 heteroatoms. The van der Waals surface area contributed by atoms with E-state index < -0.39 is 29.3 Å². The quantitative estimate of drug-likeness (QED) is 0.565. The number of alkyl halides is 3. The third-order valence-corrected chi connectivity index (χ3v) is 4.55. The van der Waals surface area contributed by atoms with Crippen molar-refractivity contribution in [3.8, 4) is 5.69 Å². The number of hydrogen-bond acceptors (Lipinski definition) is 4. The predicted molar refractivity (Wildman–Crippen MR) is 108 cm³/mol. The van der Waals surface area contributed by atoms with Gasteiger partial charge in [0.15, 0.2) is 5.69 Å². The molecule has 0 unspecified atom stereocenters. The fourth-order valence-corrected chi connectivity index (χ4v) is 3.07. The Morgan fingerprint density at radius 2 is 1.74 bits per heavy atom. The van der Waals surface area contributed by atoms with E-state index >= 15 is 0 Å². The van der Waals surface area contributed by atoms with Gasteiger partial charge in [-0.05, 0) is 49.2 Å². The summed E-state index contributed by atoms with van der Waals surface area (Å²) in [6, 6.07) is 12.8. The Labute approximate surface area is 176 Å². The van der Waals surface area contributed by atoms with Gasteiger partial charge in [0.05, 0.1) is 18.5 Å². The largest absolute Gasteiger partial charge is 0.462 e. The summed E-state index contributed by atoms with van der Waals surface area (Å²) >= 11 is 0. The number of aryl methyl sites for hydroxylation is 1. The minimum absolute atomic E-state index is 0.0494. The van der Waals surface area contributed by atoms with Crippen LogP contribution in [-0.4, -0.2) is 28.3 Å². The molecule has 1 aromatic heterocycles. The van der Waals surface area contributed by atoms with Gasteiger partial charge in [0.1, 0.15) is 5.56 Å². The van der Waals surface area contributed by atoms with Crippen LogP contribution in [-0.2, 0) is 17.3 Å². The van der Waals surface area contributed by atoms with E-state index in [4.69, 9.17) is 4.74 Å². The lowest BCUT2D eigenvalue weighted by Crippen LogP contribution is -2.18. The van der Waals surface area contributed by atoms with Crippen LogP contribution in [0.25, 0.3) is 5.69 Å². The van der Waals surface area contributed by atoms with E-state index in [-0.39, 0.29) is 17.9 Å². The van der Waals surface area contributed by atoms with Crippen molar-refractivity contribution in [2.45, 2.75) is 26.4 Å². The van der Waals surface area contributed by atoms with Crippen molar-refractivity contribution in [2.24, 2.45) is 0 Å². The molecule has 2 aromatic carbocycles. The second-order valence-corrected chi connectivity index (χ2v) is 6.55. The summed E-state index contributed by atoms with van der Waals surface area (Å²) < 4.78 is 46.2. The van der Waals surface area contributed by atoms with E-state index in [1.54, 1.807) is 12.1 Å². The minimum atomic E-state index is -4.83. The van der Waals surface area contributed by atoms with Crippen molar-refractivity contribution in [2.75, 3.05) is 11.9 Å². The number of nitrogens with one attached hydrogen (secondary N) is 1. The first-order chi connectivity index (χ1) is 14.8. The molecule has 0 bridgehead atoms. The Balaban J connectivity index is 1.89. The number of carbonyl (C=O) groups is 2. The van der Waals surface area contributed by atoms with Gasteiger partial charge in [0.25, 0.3) is 5.91 Å². The first-order valence-electron chi connectivity index (χ1n) is 9.58. The summed E-state index contributed by atoms with van der Waals surface area (Å²) in [6.07, 6.45) is -3.28. The maximum atomic E-state index is 13.6. The van der Waals surface area contributed by atoms with Crippen LogP contribution in [0.15, 0.2) is 54.7 Å². The molecular weight excluding hydrogens is 411 g/mol. The van der Waals surface area contributed by atoms with Gasteiger partial charge in [0, 0.05) is 11.3 Å². The summed E-state index contributed by atoms with van der Waals surface area (Å²) in [5.41, 5.74) is 0.0386. The van der Waals surface area contributed by atoms with E-state index in [2.05, 4.69) is 10.4 Å². The zero-order valence-electron chi connectivity index (χ0n) is 16.9. The van der Waals surface area contributed by atoms with Crippen LogP contribution in [0.1, 0.15) is 45.8 Å². The molecule has 162 valence electrons. The fraction of sp³-hybridized carbons (Fsp3) is 0.227.